The maximum atomic E-state index is 5.95. The van der Waals surface area contributed by atoms with Crippen LogP contribution >= 0.6 is 36.4 Å². The van der Waals surface area contributed by atoms with Gasteiger partial charge in [0.15, 0.2) is 5.22 Å². The van der Waals surface area contributed by atoms with Crippen molar-refractivity contribution in [3.63, 3.8) is 0 Å². The van der Waals surface area contributed by atoms with Gasteiger partial charge in [-0.25, -0.2) is 0 Å². The van der Waals surface area contributed by atoms with E-state index in [0.717, 1.165) is 37.9 Å². The van der Waals surface area contributed by atoms with Gasteiger partial charge in [-0.1, -0.05) is 12.8 Å². The quantitative estimate of drug-likeness (QED) is 0.903. The fourth-order valence-electron chi connectivity index (χ4n) is 3.43. The van der Waals surface area contributed by atoms with Gasteiger partial charge in [-0.05, 0) is 42.5 Å². The van der Waals surface area contributed by atoms with Gasteiger partial charge < -0.3 is 9.73 Å². The molecule has 1 N–H and O–H groups in total. The van der Waals surface area contributed by atoms with Crippen LogP contribution in [0, 0.1) is 5.92 Å². The first-order chi connectivity index (χ1) is 8.84. The van der Waals surface area contributed by atoms with Crippen LogP contribution in [-0.4, -0.2) is 31.1 Å². The molecular weight excluding hydrogens is 319 g/mol. The maximum Gasteiger partial charge on any atom is 0.193 e. The van der Waals surface area contributed by atoms with E-state index in [2.05, 4.69) is 16.3 Å². The molecule has 1 atom stereocenters. The van der Waals surface area contributed by atoms with Crippen molar-refractivity contribution >= 4 is 36.4 Å². The van der Waals surface area contributed by atoms with Crippen LogP contribution in [0.2, 0.25) is 5.22 Å². The predicted molar refractivity (Wildman–Crippen MR) is 87.4 cm³/mol. The van der Waals surface area contributed by atoms with E-state index in [1.54, 1.807) is 0 Å². The van der Waals surface area contributed by atoms with E-state index in [9.17, 15) is 0 Å². The van der Waals surface area contributed by atoms with Crippen molar-refractivity contribution < 1.29 is 4.42 Å². The standard InChI is InChI=1S/C14H21ClN2O.2ClH/c15-13-6-5-12(18-13)14(11-3-1-2-4-11)17-9-7-16-8-10-17;;/h5-6,11,14,16H,1-4,7-10H2;2*1H/t14-;;/m1../s1. The van der Waals surface area contributed by atoms with Gasteiger partial charge >= 0.3 is 0 Å². The van der Waals surface area contributed by atoms with Crippen molar-refractivity contribution in [1.29, 1.82) is 0 Å². The van der Waals surface area contributed by atoms with Crippen molar-refractivity contribution in [3.8, 4) is 0 Å². The Morgan fingerprint density at radius 1 is 1.15 bits per heavy atom. The molecule has 3 nitrogen and oxygen atoms in total. The predicted octanol–water partition coefficient (Wildman–Crippen LogP) is 3.91. The zero-order chi connectivity index (χ0) is 12.4. The maximum absolute atomic E-state index is 5.95. The number of nitrogens with zero attached hydrogens (tertiary/aromatic N) is 1. The number of furan rings is 1. The third-order valence-corrected chi connectivity index (χ3v) is 4.48. The lowest BCUT2D eigenvalue weighted by atomic mass is 9.94. The average Bonchev–Trinajstić information content (AvgIpc) is 3.04. The first-order valence-corrected chi connectivity index (χ1v) is 7.42. The van der Waals surface area contributed by atoms with Gasteiger partial charge in [-0.3, -0.25) is 4.90 Å². The van der Waals surface area contributed by atoms with Crippen molar-refractivity contribution in [2.45, 2.75) is 31.7 Å². The van der Waals surface area contributed by atoms with Gasteiger partial charge in [0.05, 0.1) is 6.04 Å². The van der Waals surface area contributed by atoms with Crippen molar-refractivity contribution in [3.05, 3.63) is 23.1 Å². The normalized spacial score (nSPS) is 22.1. The van der Waals surface area contributed by atoms with E-state index in [-0.39, 0.29) is 24.8 Å². The Hall–Kier alpha value is 0.0700. The van der Waals surface area contributed by atoms with Crippen LogP contribution in [0.15, 0.2) is 16.5 Å². The molecule has 1 aromatic heterocycles. The van der Waals surface area contributed by atoms with Crippen LogP contribution in [0.5, 0.6) is 0 Å². The van der Waals surface area contributed by atoms with Crippen LogP contribution in [0.3, 0.4) is 0 Å². The van der Waals surface area contributed by atoms with Crippen molar-refractivity contribution in [2.75, 3.05) is 26.2 Å². The molecule has 0 bridgehead atoms. The highest BCUT2D eigenvalue weighted by molar-refractivity contribution is 6.28. The highest BCUT2D eigenvalue weighted by Gasteiger charge is 2.33. The minimum absolute atomic E-state index is 0. The summed E-state index contributed by atoms with van der Waals surface area (Å²) in [6.45, 7) is 4.38. The molecule has 116 valence electrons. The number of halogens is 3. The lowest BCUT2D eigenvalue weighted by Crippen LogP contribution is -2.46. The molecule has 1 aliphatic carbocycles. The van der Waals surface area contributed by atoms with Crippen LogP contribution in [0.4, 0.5) is 0 Å². The van der Waals surface area contributed by atoms with Gasteiger partial charge in [0.1, 0.15) is 5.76 Å². The van der Waals surface area contributed by atoms with Gasteiger partial charge in [-0.15, -0.1) is 24.8 Å². The first kappa shape index (κ1) is 18.1. The Kier molecular flexibility index (Phi) is 7.70. The smallest absolute Gasteiger partial charge is 0.193 e. The average molecular weight is 342 g/mol. The monoisotopic (exact) mass is 340 g/mol. The summed E-state index contributed by atoms with van der Waals surface area (Å²) in [7, 11) is 0. The Balaban J connectivity index is 0.000001000. The molecule has 0 amide bonds. The van der Waals surface area contributed by atoms with E-state index < -0.39 is 0 Å². The Morgan fingerprint density at radius 3 is 2.35 bits per heavy atom. The third-order valence-electron chi connectivity index (χ3n) is 4.28. The molecule has 6 heteroatoms. The molecule has 1 aromatic rings. The largest absolute Gasteiger partial charge is 0.448 e. The Labute approximate surface area is 138 Å². The minimum Gasteiger partial charge on any atom is -0.448 e. The molecule has 1 saturated carbocycles. The van der Waals surface area contributed by atoms with Gasteiger partial charge in [0, 0.05) is 26.2 Å². The lowest BCUT2D eigenvalue weighted by molar-refractivity contribution is 0.108. The van der Waals surface area contributed by atoms with Crippen LogP contribution in [0.1, 0.15) is 37.5 Å². The van der Waals surface area contributed by atoms with E-state index >= 15 is 0 Å². The summed E-state index contributed by atoms with van der Waals surface area (Å²) < 4.78 is 5.71. The second-order valence-corrected chi connectivity index (χ2v) is 5.79. The molecular formula is C14H23Cl3N2O. The molecule has 0 spiro atoms. The molecule has 2 fully saturated rings. The highest BCUT2D eigenvalue weighted by Crippen LogP contribution is 2.40. The molecule has 3 rings (SSSR count). The Morgan fingerprint density at radius 2 is 1.80 bits per heavy atom. The number of piperazine rings is 1. The molecule has 0 radical (unpaired) electrons. The third kappa shape index (κ3) is 4.05. The number of hydrogen-bond acceptors (Lipinski definition) is 3. The number of nitrogens with one attached hydrogen (secondary N) is 1. The van der Waals surface area contributed by atoms with E-state index in [1.807, 2.05) is 6.07 Å². The molecule has 2 aliphatic rings. The fourth-order valence-corrected chi connectivity index (χ4v) is 3.58. The van der Waals surface area contributed by atoms with Gasteiger partial charge in [0.2, 0.25) is 0 Å². The highest BCUT2D eigenvalue weighted by atomic mass is 35.5. The summed E-state index contributed by atoms with van der Waals surface area (Å²) in [6, 6.07) is 4.37. The molecule has 0 aromatic carbocycles. The zero-order valence-corrected chi connectivity index (χ0v) is 13.9. The summed E-state index contributed by atoms with van der Waals surface area (Å²) in [5.74, 6) is 1.80. The van der Waals surface area contributed by atoms with E-state index in [4.69, 9.17) is 16.0 Å². The molecule has 1 aliphatic heterocycles. The van der Waals surface area contributed by atoms with Crippen molar-refractivity contribution in [1.82, 2.24) is 10.2 Å². The summed E-state index contributed by atoms with van der Waals surface area (Å²) in [5.41, 5.74) is 0. The van der Waals surface area contributed by atoms with Gasteiger partial charge in [-0.2, -0.15) is 0 Å². The summed E-state index contributed by atoms with van der Waals surface area (Å²) in [6.07, 6.45) is 5.38. The van der Waals surface area contributed by atoms with Crippen molar-refractivity contribution in [2.24, 2.45) is 5.92 Å². The first-order valence-electron chi connectivity index (χ1n) is 7.04. The number of rotatable bonds is 3. The minimum atomic E-state index is 0. The Bertz CT molecular complexity index is 388. The summed E-state index contributed by atoms with van der Waals surface area (Å²) >= 11 is 5.95. The molecule has 1 saturated heterocycles. The van der Waals surface area contributed by atoms with Crippen LogP contribution in [-0.2, 0) is 0 Å². The molecule has 2 heterocycles. The summed E-state index contributed by atoms with van der Waals surface area (Å²) in [4.78, 5) is 2.57. The zero-order valence-electron chi connectivity index (χ0n) is 11.5. The van der Waals surface area contributed by atoms with Gasteiger partial charge in [0.25, 0.3) is 0 Å². The van der Waals surface area contributed by atoms with Crippen LogP contribution < -0.4 is 5.32 Å². The molecule has 20 heavy (non-hydrogen) atoms. The SMILES string of the molecule is Cl.Cl.Clc1ccc([C@@H](C2CCCC2)N2CCNCC2)o1. The second-order valence-electron chi connectivity index (χ2n) is 5.42. The lowest BCUT2D eigenvalue weighted by Gasteiger charge is -2.37. The fraction of sp³-hybridized carbons (Fsp3) is 0.714. The second kappa shape index (κ2) is 8.50. The van der Waals surface area contributed by atoms with Crippen LogP contribution in [0.25, 0.3) is 0 Å². The summed E-state index contributed by atoms with van der Waals surface area (Å²) in [5, 5.41) is 3.94. The van der Waals surface area contributed by atoms with E-state index in [0.29, 0.717) is 11.3 Å². The van der Waals surface area contributed by atoms with E-state index in [1.165, 1.54) is 25.7 Å². The topological polar surface area (TPSA) is 28.4 Å². The number of hydrogen-bond donors (Lipinski definition) is 1. The molecule has 0 unspecified atom stereocenters.